The number of aryl methyl sites for hydroxylation is 5. The van der Waals surface area contributed by atoms with Crippen LogP contribution in [0.3, 0.4) is 0 Å². The first-order chi connectivity index (χ1) is 23.8. The third-order valence-electron chi connectivity index (χ3n) is 10.6. The van der Waals surface area contributed by atoms with E-state index in [0.717, 1.165) is 85.1 Å². The number of nitrogens with two attached hydrogens (primary N) is 1. The highest BCUT2D eigenvalue weighted by molar-refractivity contribution is 6.34. The summed E-state index contributed by atoms with van der Waals surface area (Å²) in [6.45, 7) is 11.3. The van der Waals surface area contributed by atoms with Crippen molar-refractivity contribution in [1.29, 1.82) is 5.41 Å². The Hall–Kier alpha value is -4.47. The summed E-state index contributed by atoms with van der Waals surface area (Å²) in [6.07, 6.45) is 3.51. The van der Waals surface area contributed by atoms with E-state index in [1.54, 1.807) is 0 Å². The zero-order valence-corrected chi connectivity index (χ0v) is 31.1. The van der Waals surface area contributed by atoms with Crippen LogP contribution in [0.5, 0.6) is 5.75 Å². The van der Waals surface area contributed by atoms with Crippen LogP contribution < -0.4 is 20.3 Å². The van der Waals surface area contributed by atoms with Gasteiger partial charge < -0.3 is 24.8 Å². The van der Waals surface area contributed by atoms with E-state index in [1.807, 2.05) is 91.6 Å². The van der Waals surface area contributed by atoms with Gasteiger partial charge in [0.15, 0.2) is 0 Å². The van der Waals surface area contributed by atoms with Gasteiger partial charge in [-0.25, -0.2) is 0 Å². The Kier molecular flexibility index (Phi) is 8.63. The molecule has 2 aliphatic heterocycles. The van der Waals surface area contributed by atoms with Gasteiger partial charge in [0.2, 0.25) is 5.91 Å². The number of nitrogen functional groups attached to an aromatic ring is 1. The van der Waals surface area contributed by atoms with E-state index >= 15 is 4.79 Å². The van der Waals surface area contributed by atoms with Gasteiger partial charge in [0.25, 0.3) is 0 Å². The maximum atomic E-state index is 15.0. The number of rotatable bonds is 8. The summed E-state index contributed by atoms with van der Waals surface area (Å²) in [7, 11) is 3.91. The molecule has 0 spiro atoms. The van der Waals surface area contributed by atoms with Crippen LogP contribution in [0.15, 0.2) is 48.7 Å². The van der Waals surface area contributed by atoms with Gasteiger partial charge >= 0.3 is 0 Å². The first-order valence-electron chi connectivity index (χ1n) is 17.0. The Morgan fingerprint density at radius 3 is 2.42 bits per heavy atom. The lowest BCUT2D eigenvalue weighted by molar-refractivity contribution is -0.121. The molecule has 9 nitrogen and oxygen atoms in total. The molecule has 50 heavy (non-hydrogen) atoms. The van der Waals surface area contributed by atoms with E-state index < -0.39 is 6.04 Å². The molecule has 0 saturated carbocycles. The molecule has 5 aromatic rings. The lowest BCUT2D eigenvalue weighted by Crippen LogP contribution is -2.61. The fourth-order valence-corrected chi connectivity index (χ4v) is 8.54. The van der Waals surface area contributed by atoms with Crippen LogP contribution in [0.25, 0.3) is 22.0 Å². The summed E-state index contributed by atoms with van der Waals surface area (Å²) in [5.41, 5.74) is 16.3. The molecule has 3 aromatic carbocycles. The van der Waals surface area contributed by atoms with Crippen molar-refractivity contribution in [1.82, 2.24) is 14.3 Å². The monoisotopic (exact) mass is 711 g/mol. The summed E-state index contributed by atoms with van der Waals surface area (Å²) in [6, 6.07) is 13.3. The summed E-state index contributed by atoms with van der Waals surface area (Å²) < 4.78 is 10.1. The fraction of sp³-hybridized carbons (Fsp3) is 0.359. The smallest absolute Gasteiger partial charge is 0.250 e. The number of fused-ring (bicyclic) bond motifs is 4. The molecule has 2 aromatic heterocycles. The van der Waals surface area contributed by atoms with Crippen LogP contribution >= 0.6 is 23.2 Å². The maximum Gasteiger partial charge on any atom is 0.250 e. The van der Waals surface area contributed by atoms with Gasteiger partial charge in [-0.05, 0) is 94.5 Å². The van der Waals surface area contributed by atoms with Gasteiger partial charge in [-0.3, -0.25) is 14.9 Å². The molecule has 4 heterocycles. The molecule has 1 saturated heterocycles. The molecular weight excluding hydrogens is 669 g/mol. The number of piperazine rings is 1. The van der Waals surface area contributed by atoms with E-state index in [1.165, 1.54) is 0 Å². The minimum absolute atomic E-state index is 0.0124. The van der Waals surface area contributed by atoms with Gasteiger partial charge in [-0.15, -0.1) is 0 Å². The van der Waals surface area contributed by atoms with Crippen LogP contribution in [0.2, 0.25) is 10.0 Å². The molecule has 7 rings (SSSR count). The van der Waals surface area contributed by atoms with Crippen LogP contribution in [-0.4, -0.2) is 51.3 Å². The zero-order chi connectivity index (χ0) is 35.8. The summed E-state index contributed by atoms with van der Waals surface area (Å²) in [4.78, 5) is 19.3. The second-order valence-electron chi connectivity index (χ2n) is 13.9. The molecule has 0 aliphatic carbocycles. The van der Waals surface area contributed by atoms with Crippen molar-refractivity contribution >= 4 is 57.2 Å². The van der Waals surface area contributed by atoms with Crippen LogP contribution in [0, 0.1) is 33.1 Å². The van der Waals surface area contributed by atoms with E-state index in [0.29, 0.717) is 23.7 Å². The molecule has 0 radical (unpaired) electrons. The molecule has 0 bridgehead atoms. The van der Waals surface area contributed by atoms with Crippen LogP contribution in [-0.2, 0) is 18.9 Å². The standard InChI is InChI=1S/C39H43Cl2N7O2/c1-20-15-26(16-21(2)35(20)41)50-14-8-9-27-28-12-13-30(40)34(33-23(4)44-46(7)24(33)5)36(28)48-22(3)18-47(39(49)37(27)48)32-19-45(6)31-17-25(38(42)43)10-11-29(31)32/h10-13,15-17,19,22,27,37H,8-9,14,18H2,1-7H3,(H3,42,43)/t22-,27?,37?/m1/s1. The number of nitrogens with one attached hydrogen (secondary N) is 1. The normalized spacial score (nSPS) is 18.6. The number of benzene rings is 3. The number of aromatic nitrogens is 3. The predicted molar refractivity (Wildman–Crippen MR) is 204 cm³/mol. The molecule has 260 valence electrons. The first-order valence-corrected chi connectivity index (χ1v) is 17.8. The van der Waals surface area contributed by atoms with Crippen molar-refractivity contribution in [2.45, 2.75) is 65.5 Å². The second kappa shape index (κ2) is 12.7. The third-order valence-corrected chi connectivity index (χ3v) is 11.5. The number of carbonyl (C=O) groups excluding carboxylic acids is 1. The average Bonchev–Trinajstić information content (AvgIpc) is 3.67. The van der Waals surface area contributed by atoms with Crippen molar-refractivity contribution in [2.75, 3.05) is 23.0 Å². The summed E-state index contributed by atoms with van der Waals surface area (Å²) in [5, 5.41) is 15.0. The number of amidine groups is 1. The number of hydrogen-bond acceptors (Lipinski definition) is 5. The van der Waals surface area contributed by atoms with Gasteiger partial charge in [0.1, 0.15) is 17.6 Å². The van der Waals surface area contributed by atoms with Crippen LogP contribution in [0.1, 0.15) is 59.3 Å². The number of ether oxygens (including phenoxy) is 1. The molecule has 3 N–H and O–H groups in total. The largest absolute Gasteiger partial charge is 0.494 e. The van der Waals surface area contributed by atoms with Gasteiger partial charge in [-0.1, -0.05) is 35.3 Å². The SMILES string of the molecule is Cc1cc(OCCCC2c3ccc(Cl)c(-c4c(C)nn(C)c4C)c3N3C2C(=O)N(c2cn(C)c4cc(C(=N)N)ccc24)C[C@H]3C)cc(C)c1Cl. The Bertz CT molecular complexity index is 2180. The topological polar surface area (TPSA) is 105 Å². The minimum atomic E-state index is -0.435. The Morgan fingerprint density at radius 2 is 1.76 bits per heavy atom. The van der Waals surface area contributed by atoms with Crippen molar-refractivity contribution < 1.29 is 9.53 Å². The molecular formula is C39H43Cl2N7O2. The number of halogens is 2. The van der Waals surface area contributed by atoms with E-state index in [-0.39, 0.29) is 23.7 Å². The minimum Gasteiger partial charge on any atom is -0.494 e. The van der Waals surface area contributed by atoms with E-state index in [2.05, 4.69) is 24.8 Å². The second-order valence-corrected chi connectivity index (χ2v) is 14.7. The lowest BCUT2D eigenvalue weighted by atomic mass is 9.87. The highest BCUT2D eigenvalue weighted by Gasteiger charge is 2.51. The third kappa shape index (κ3) is 5.42. The van der Waals surface area contributed by atoms with Crippen molar-refractivity contribution in [3.05, 3.63) is 92.3 Å². The van der Waals surface area contributed by atoms with Crippen molar-refractivity contribution in [2.24, 2.45) is 19.8 Å². The fourth-order valence-electron chi connectivity index (χ4n) is 8.18. The molecule has 2 unspecified atom stereocenters. The Labute approximate surface area is 303 Å². The zero-order valence-electron chi connectivity index (χ0n) is 29.6. The molecule has 1 fully saturated rings. The summed E-state index contributed by atoms with van der Waals surface area (Å²) in [5.74, 6) is 0.775. The maximum absolute atomic E-state index is 15.0. The predicted octanol–water partition coefficient (Wildman–Crippen LogP) is 7.97. The van der Waals surface area contributed by atoms with Crippen LogP contribution in [0.4, 0.5) is 11.4 Å². The molecule has 3 atom stereocenters. The number of anilines is 2. The first kappa shape index (κ1) is 34.0. The summed E-state index contributed by atoms with van der Waals surface area (Å²) >= 11 is 13.5. The Balaban J connectivity index is 1.29. The molecule has 11 heteroatoms. The molecule has 2 aliphatic rings. The van der Waals surface area contributed by atoms with Crippen molar-refractivity contribution in [3.8, 4) is 16.9 Å². The Morgan fingerprint density at radius 1 is 1.04 bits per heavy atom. The quantitative estimate of drug-likeness (QED) is 0.0965. The average molecular weight is 713 g/mol. The number of amides is 1. The van der Waals surface area contributed by atoms with E-state index in [4.69, 9.17) is 44.2 Å². The van der Waals surface area contributed by atoms with E-state index in [9.17, 15) is 0 Å². The molecule has 1 amide bonds. The lowest BCUT2D eigenvalue weighted by Gasteiger charge is -2.44. The number of nitrogens with zero attached hydrogens (tertiary/aromatic N) is 5. The van der Waals surface area contributed by atoms with Gasteiger partial charge in [-0.2, -0.15) is 5.10 Å². The van der Waals surface area contributed by atoms with Crippen molar-refractivity contribution in [3.63, 3.8) is 0 Å². The highest BCUT2D eigenvalue weighted by atomic mass is 35.5. The number of carbonyl (C=O) groups is 1. The number of hydrogen-bond donors (Lipinski definition) is 2. The highest BCUT2D eigenvalue weighted by Crippen LogP contribution is 2.54. The van der Waals surface area contributed by atoms with Gasteiger partial charge in [0.05, 0.1) is 34.2 Å². The van der Waals surface area contributed by atoms with Gasteiger partial charge in [0, 0.05) is 71.6 Å².